The lowest BCUT2D eigenvalue weighted by Gasteiger charge is -2.19. The van der Waals surface area contributed by atoms with Crippen LogP contribution in [0.3, 0.4) is 0 Å². The summed E-state index contributed by atoms with van der Waals surface area (Å²) in [4.78, 5) is 25.5. The van der Waals surface area contributed by atoms with Crippen LogP contribution in [0.4, 0.5) is 5.69 Å². The Bertz CT molecular complexity index is 1580. The molecule has 192 valence electrons. The van der Waals surface area contributed by atoms with Crippen molar-refractivity contribution in [3.63, 3.8) is 0 Å². The number of hydrogen-bond acceptors (Lipinski definition) is 7. The highest BCUT2D eigenvalue weighted by molar-refractivity contribution is 7.89. The Labute approximate surface area is 219 Å². The number of methoxy groups -OCH3 is 2. The van der Waals surface area contributed by atoms with E-state index < -0.39 is 16.0 Å². The third-order valence-electron chi connectivity index (χ3n) is 5.83. The summed E-state index contributed by atoms with van der Waals surface area (Å²) in [7, 11) is 0.566. The Balaban J connectivity index is 1.55. The molecule has 1 heterocycles. The van der Waals surface area contributed by atoms with Gasteiger partial charge in [0.25, 0.3) is 5.91 Å². The van der Waals surface area contributed by atoms with Gasteiger partial charge in [-0.3, -0.25) is 4.79 Å². The van der Waals surface area contributed by atoms with Gasteiger partial charge in [0, 0.05) is 35.1 Å². The van der Waals surface area contributed by atoms with Crippen LogP contribution >= 0.6 is 11.3 Å². The van der Waals surface area contributed by atoms with Gasteiger partial charge in [0.1, 0.15) is 10.6 Å². The minimum Gasteiger partial charge on any atom is -0.496 e. The fourth-order valence-corrected chi connectivity index (χ4v) is 5.89. The van der Waals surface area contributed by atoms with Gasteiger partial charge in [0.05, 0.1) is 19.1 Å². The Kier molecular flexibility index (Phi) is 7.63. The third-order valence-corrected chi connectivity index (χ3v) is 8.74. The Morgan fingerprint density at radius 1 is 0.973 bits per heavy atom. The lowest BCUT2D eigenvalue weighted by molar-refractivity contribution is 0.0606. The average Bonchev–Trinajstić information content (AvgIpc) is 3.32. The minimum absolute atomic E-state index is 0.0116. The second-order valence-corrected chi connectivity index (χ2v) is 11.5. The van der Waals surface area contributed by atoms with Crippen LogP contribution in [0.15, 0.2) is 71.6 Å². The number of rotatable bonds is 8. The summed E-state index contributed by atoms with van der Waals surface area (Å²) in [5.74, 6) is -0.305. The fourth-order valence-electron chi connectivity index (χ4n) is 3.78. The zero-order valence-corrected chi connectivity index (χ0v) is 22.4. The molecule has 0 aliphatic heterocycles. The van der Waals surface area contributed by atoms with E-state index in [0.717, 1.165) is 15.6 Å². The number of anilines is 1. The summed E-state index contributed by atoms with van der Waals surface area (Å²) in [6.45, 7) is 1.90. The molecule has 0 unspecified atom stereocenters. The maximum atomic E-state index is 13.1. The van der Waals surface area contributed by atoms with Crippen molar-refractivity contribution in [2.45, 2.75) is 18.4 Å². The van der Waals surface area contributed by atoms with Gasteiger partial charge in [-0.2, -0.15) is 4.31 Å². The van der Waals surface area contributed by atoms with Gasteiger partial charge in [-0.25, -0.2) is 13.2 Å². The molecule has 0 saturated carbocycles. The predicted octanol–water partition coefficient (Wildman–Crippen LogP) is 5.08. The van der Waals surface area contributed by atoms with Crippen LogP contribution in [0.5, 0.6) is 5.75 Å². The van der Waals surface area contributed by atoms with E-state index in [1.54, 1.807) is 60.7 Å². The molecular formula is C27H26N2O6S2. The predicted molar refractivity (Wildman–Crippen MR) is 144 cm³/mol. The number of aryl methyl sites for hydroxylation is 1. The molecule has 0 bridgehead atoms. The normalized spacial score (nSPS) is 11.5. The highest BCUT2D eigenvalue weighted by Crippen LogP contribution is 2.29. The number of ether oxygens (including phenoxy) is 2. The van der Waals surface area contributed by atoms with Crippen LogP contribution in [0.25, 0.3) is 10.1 Å². The van der Waals surface area contributed by atoms with Gasteiger partial charge in [-0.1, -0.05) is 17.7 Å². The van der Waals surface area contributed by atoms with E-state index in [4.69, 9.17) is 9.47 Å². The number of hydrogen-bond donors (Lipinski definition) is 1. The number of nitrogens with one attached hydrogen (secondary N) is 1. The molecule has 0 aliphatic carbocycles. The smallest absolute Gasteiger partial charge is 0.348 e. The molecule has 0 radical (unpaired) electrons. The Morgan fingerprint density at radius 3 is 2.38 bits per heavy atom. The standard InChI is InChI=1S/C27H26N2O6S2/c1-17-5-9-22(10-6-17)37(32,33)29(2)16-20-13-18(7-11-23(20)34-3)26(30)28-21-8-12-24-19(14-21)15-25(36-24)27(31)35-4/h5-15H,16H2,1-4H3,(H,28,30). The molecule has 0 spiro atoms. The van der Waals surface area contributed by atoms with Crippen LogP contribution < -0.4 is 10.1 Å². The summed E-state index contributed by atoms with van der Waals surface area (Å²) in [5, 5.41) is 3.67. The lowest BCUT2D eigenvalue weighted by Crippen LogP contribution is -2.27. The number of carbonyl (C=O) groups is 2. The number of carbonyl (C=O) groups excluding carboxylic acids is 2. The highest BCUT2D eigenvalue weighted by atomic mass is 32.2. The van der Waals surface area contributed by atoms with Crippen LogP contribution in [0.2, 0.25) is 0 Å². The molecule has 4 rings (SSSR count). The molecular weight excluding hydrogens is 512 g/mol. The fraction of sp³-hybridized carbons (Fsp3) is 0.185. The maximum Gasteiger partial charge on any atom is 0.348 e. The molecule has 0 atom stereocenters. The van der Waals surface area contributed by atoms with Gasteiger partial charge in [-0.05, 0) is 66.9 Å². The van der Waals surface area contributed by atoms with E-state index in [1.165, 1.54) is 36.9 Å². The molecule has 1 N–H and O–H groups in total. The second kappa shape index (κ2) is 10.7. The summed E-state index contributed by atoms with van der Waals surface area (Å²) in [6.07, 6.45) is 0. The Morgan fingerprint density at radius 2 is 1.70 bits per heavy atom. The molecule has 0 saturated heterocycles. The van der Waals surface area contributed by atoms with E-state index in [1.807, 2.05) is 13.0 Å². The largest absolute Gasteiger partial charge is 0.496 e. The van der Waals surface area contributed by atoms with Crippen molar-refractivity contribution in [3.05, 3.63) is 88.3 Å². The van der Waals surface area contributed by atoms with Gasteiger partial charge in [0.2, 0.25) is 10.0 Å². The van der Waals surface area contributed by atoms with E-state index in [2.05, 4.69) is 5.32 Å². The monoisotopic (exact) mass is 538 g/mol. The van der Waals surface area contributed by atoms with E-state index in [0.29, 0.717) is 27.4 Å². The SMILES string of the molecule is COC(=O)c1cc2cc(NC(=O)c3ccc(OC)c(CN(C)S(=O)(=O)c4ccc(C)cc4)c3)ccc2s1. The number of benzene rings is 3. The van der Waals surface area contributed by atoms with Crippen molar-refractivity contribution in [1.82, 2.24) is 4.31 Å². The third kappa shape index (κ3) is 5.66. The molecule has 0 fully saturated rings. The zero-order chi connectivity index (χ0) is 26.7. The number of sulfonamides is 1. The second-order valence-electron chi connectivity index (χ2n) is 8.41. The van der Waals surface area contributed by atoms with E-state index in [-0.39, 0.29) is 17.3 Å². The highest BCUT2D eigenvalue weighted by Gasteiger charge is 2.23. The van der Waals surface area contributed by atoms with E-state index >= 15 is 0 Å². The summed E-state index contributed by atoms with van der Waals surface area (Å²) >= 11 is 1.31. The topological polar surface area (TPSA) is 102 Å². The van der Waals surface area contributed by atoms with Crippen LogP contribution in [0.1, 0.15) is 31.2 Å². The number of esters is 1. The van der Waals surface area contributed by atoms with Gasteiger partial charge in [-0.15, -0.1) is 11.3 Å². The molecule has 3 aromatic carbocycles. The first kappa shape index (κ1) is 26.3. The molecule has 0 aliphatic rings. The molecule has 1 aromatic heterocycles. The molecule has 8 nitrogen and oxygen atoms in total. The van der Waals surface area contributed by atoms with Crippen molar-refractivity contribution in [1.29, 1.82) is 0 Å². The summed E-state index contributed by atoms with van der Waals surface area (Å²) in [5.41, 5.74) is 2.41. The molecule has 37 heavy (non-hydrogen) atoms. The summed E-state index contributed by atoms with van der Waals surface area (Å²) < 4.78 is 38.4. The zero-order valence-electron chi connectivity index (χ0n) is 20.8. The average molecular weight is 539 g/mol. The van der Waals surface area contributed by atoms with Crippen molar-refractivity contribution < 1.29 is 27.5 Å². The van der Waals surface area contributed by atoms with Gasteiger partial charge in [0.15, 0.2) is 0 Å². The first-order chi connectivity index (χ1) is 17.6. The molecule has 4 aromatic rings. The van der Waals surface area contributed by atoms with Crippen LogP contribution in [0, 0.1) is 6.92 Å². The lowest BCUT2D eigenvalue weighted by atomic mass is 10.1. The first-order valence-electron chi connectivity index (χ1n) is 11.3. The quantitative estimate of drug-likeness (QED) is 0.314. The van der Waals surface area contributed by atoms with Crippen LogP contribution in [-0.4, -0.2) is 45.9 Å². The van der Waals surface area contributed by atoms with Crippen LogP contribution in [-0.2, 0) is 21.3 Å². The molecule has 1 amide bonds. The van der Waals surface area contributed by atoms with Crippen molar-refractivity contribution >= 4 is 49.0 Å². The summed E-state index contributed by atoms with van der Waals surface area (Å²) in [6, 6.07) is 18.6. The number of thiophene rings is 1. The van der Waals surface area contributed by atoms with Crippen molar-refractivity contribution in [3.8, 4) is 5.75 Å². The number of amides is 1. The minimum atomic E-state index is -3.74. The van der Waals surface area contributed by atoms with Gasteiger partial charge < -0.3 is 14.8 Å². The molecule has 10 heteroatoms. The van der Waals surface area contributed by atoms with Crippen molar-refractivity contribution in [2.24, 2.45) is 0 Å². The van der Waals surface area contributed by atoms with Gasteiger partial charge >= 0.3 is 5.97 Å². The van der Waals surface area contributed by atoms with Crippen molar-refractivity contribution in [2.75, 3.05) is 26.6 Å². The number of fused-ring (bicyclic) bond motifs is 1. The maximum absolute atomic E-state index is 13.1. The Hall–Kier alpha value is -3.73. The van der Waals surface area contributed by atoms with E-state index in [9.17, 15) is 18.0 Å². The number of nitrogens with zero attached hydrogens (tertiary/aromatic N) is 1. The first-order valence-corrected chi connectivity index (χ1v) is 13.5.